The average Bonchev–Trinajstić information content (AvgIpc) is 3.16. The maximum Gasteiger partial charge on any atom is 0.234 e. The number of anilines is 1. The van der Waals surface area contributed by atoms with E-state index >= 15 is 0 Å². The highest BCUT2D eigenvalue weighted by Crippen LogP contribution is 2.48. The van der Waals surface area contributed by atoms with E-state index in [0.29, 0.717) is 43.3 Å². The van der Waals surface area contributed by atoms with Crippen molar-refractivity contribution >= 4 is 23.1 Å². The lowest BCUT2D eigenvalue weighted by atomic mass is 9.67. The number of halogens is 1. The highest BCUT2D eigenvalue weighted by atomic mass is 19.1. The third kappa shape index (κ3) is 3.78. The number of rotatable bonds is 6. The van der Waals surface area contributed by atoms with Crippen LogP contribution < -0.4 is 15.1 Å². The van der Waals surface area contributed by atoms with Crippen LogP contribution in [0.4, 0.5) is 10.1 Å². The molecule has 3 aliphatic heterocycles. The van der Waals surface area contributed by atoms with Gasteiger partial charge in [0, 0.05) is 26.1 Å². The molecule has 1 N–H and O–H groups in total. The Labute approximate surface area is 192 Å². The van der Waals surface area contributed by atoms with Crippen molar-refractivity contribution in [3.8, 4) is 5.75 Å². The minimum atomic E-state index is -0.699. The number of hydrogen-bond acceptors (Lipinski definition) is 6. The third-order valence-electron chi connectivity index (χ3n) is 6.84. The molecule has 3 aliphatic rings. The van der Waals surface area contributed by atoms with Crippen LogP contribution in [0.3, 0.4) is 0 Å². The summed E-state index contributed by atoms with van der Waals surface area (Å²) in [6.45, 7) is 4.46. The van der Waals surface area contributed by atoms with Crippen LogP contribution in [0.1, 0.15) is 25.3 Å². The second kappa shape index (κ2) is 8.59. The molecule has 7 nitrogen and oxygen atoms in total. The molecule has 2 aromatic rings. The molecule has 0 radical (unpaired) electrons. The van der Waals surface area contributed by atoms with E-state index in [-0.39, 0.29) is 23.5 Å². The minimum absolute atomic E-state index is 0.0383. The van der Waals surface area contributed by atoms with E-state index in [0.717, 1.165) is 25.1 Å². The summed E-state index contributed by atoms with van der Waals surface area (Å²) in [7, 11) is 0. The molecule has 0 saturated carbocycles. The van der Waals surface area contributed by atoms with Crippen LogP contribution in [-0.2, 0) is 15.0 Å². The molecule has 0 spiro atoms. The fourth-order valence-corrected chi connectivity index (χ4v) is 5.37. The van der Waals surface area contributed by atoms with Crippen LogP contribution in [0.2, 0.25) is 0 Å². The van der Waals surface area contributed by atoms with Gasteiger partial charge in [-0.3, -0.25) is 19.5 Å². The monoisotopic (exact) mass is 450 g/mol. The normalized spacial score (nSPS) is 24.4. The molecule has 5 rings (SSSR count). The quantitative estimate of drug-likeness (QED) is 0.732. The van der Waals surface area contributed by atoms with E-state index in [1.54, 1.807) is 11.1 Å². The number of amides is 1. The van der Waals surface area contributed by atoms with E-state index in [4.69, 9.17) is 9.84 Å². The van der Waals surface area contributed by atoms with Crippen molar-refractivity contribution in [1.29, 1.82) is 0 Å². The first-order chi connectivity index (χ1) is 16.0. The van der Waals surface area contributed by atoms with Gasteiger partial charge in [0.1, 0.15) is 35.6 Å². The van der Waals surface area contributed by atoms with Gasteiger partial charge in [-0.05, 0) is 37.1 Å². The lowest BCUT2D eigenvalue weighted by Crippen LogP contribution is -2.54. The maximum absolute atomic E-state index is 14.1. The molecule has 0 aromatic heterocycles. The second-order valence-corrected chi connectivity index (χ2v) is 8.86. The summed E-state index contributed by atoms with van der Waals surface area (Å²) < 4.78 is 20.2. The lowest BCUT2D eigenvalue weighted by Gasteiger charge is -2.42. The Balaban J connectivity index is 1.52. The number of piperazine rings is 1. The Morgan fingerprint density at radius 1 is 1.27 bits per heavy atom. The van der Waals surface area contributed by atoms with Crippen molar-refractivity contribution in [3.63, 3.8) is 0 Å². The van der Waals surface area contributed by atoms with Crippen molar-refractivity contribution in [2.24, 2.45) is 5.10 Å². The molecular formula is C25H27FN4O3. The summed E-state index contributed by atoms with van der Waals surface area (Å²) in [6, 6.07) is 14.0. The number of hydrazone groups is 1. The van der Waals surface area contributed by atoms with Crippen molar-refractivity contribution < 1.29 is 18.7 Å². The number of nitrogens with zero attached hydrogens (tertiary/aromatic N) is 3. The molecule has 172 valence electrons. The Hall–Kier alpha value is -3.26. The molecule has 1 fully saturated rings. The summed E-state index contributed by atoms with van der Waals surface area (Å²) in [5.41, 5.74) is 1.30. The molecule has 8 heteroatoms. The zero-order chi connectivity index (χ0) is 23.0. The van der Waals surface area contributed by atoms with Crippen molar-refractivity contribution in [2.75, 3.05) is 37.8 Å². The number of benzene rings is 2. The molecular weight excluding hydrogens is 423 g/mol. The predicted octanol–water partition coefficient (Wildman–Crippen LogP) is 2.50. The first-order valence-electron chi connectivity index (χ1n) is 11.4. The Bertz CT molecular complexity index is 1110. The van der Waals surface area contributed by atoms with Gasteiger partial charge in [0.15, 0.2) is 5.78 Å². The van der Waals surface area contributed by atoms with Gasteiger partial charge < -0.3 is 10.1 Å². The Morgan fingerprint density at radius 2 is 2.09 bits per heavy atom. The summed E-state index contributed by atoms with van der Waals surface area (Å²) >= 11 is 0. The third-order valence-corrected chi connectivity index (χ3v) is 6.84. The molecule has 1 amide bonds. The average molecular weight is 451 g/mol. The van der Waals surface area contributed by atoms with Gasteiger partial charge in [0.2, 0.25) is 5.91 Å². The topological polar surface area (TPSA) is 74.2 Å². The van der Waals surface area contributed by atoms with Gasteiger partial charge in [0.05, 0.1) is 12.0 Å². The summed E-state index contributed by atoms with van der Waals surface area (Å²) in [5.74, 6) is 0.112. The van der Waals surface area contributed by atoms with Crippen molar-refractivity contribution in [2.45, 2.75) is 31.2 Å². The van der Waals surface area contributed by atoms with Crippen LogP contribution in [0.5, 0.6) is 5.75 Å². The summed E-state index contributed by atoms with van der Waals surface area (Å²) in [6.07, 6.45) is 1.43. The van der Waals surface area contributed by atoms with Crippen LogP contribution in [0, 0.1) is 5.82 Å². The number of carbonyl (C=O) groups excluding carboxylic acids is 2. The summed E-state index contributed by atoms with van der Waals surface area (Å²) in [4.78, 5) is 26.8. The maximum atomic E-state index is 14.1. The first kappa shape index (κ1) is 21.6. The molecule has 2 atom stereocenters. The first-order valence-corrected chi connectivity index (χ1v) is 11.4. The molecule has 3 heterocycles. The number of nitrogens with one attached hydrogen (secondary N) is 1. The highest BCUT2D eigenvalue weighted by Gasteiger charge is 2.55. The van der Waals surface area contributed by atoms with E-state index in [9.17, 15) is 14.0 Å². The largest absolute Gasteiger partial charge is 0.489 e. The zero-order valence-electron chi connectivity index (χ0n) is 18.6. The van der Waals surface area contributed by atoms with Crippen LogP contribution in [0.25, 0.3) is 0 Å². The van der Waals surface area contributed by atoms with Gasteiger partial charge in [-0.1, -0.05) is 30.3 Å². The lowest BCUT2D eigenvalue weighted by molar-refractivity contribution is -0.124. The second-order valence-electron chi connectivity index (χ2n) is 8.86. The molecule has 33 heavy (non-hydrogen) atoms. The van der Waals surface area contributed by atoms with E-state index in [2.05, 4.69) is 10.2 Å². The number of carbonyl (C=O) groups is 2. The van der Waals surface area contributed by atoms with E-state index in [1.807, 2.05) is 30.3 Å². The predicted molar refractivity (Wildman–Crippen MR) is 123 cm³/mol. The molecule has 0 aliphatic carbocycles. The number of fused-ring (bicyclic) bond motifs is 3. The van der Waals surface area contributed by atoms with Gasteiger partial charge in [-0.2, -0.15) is 5.10 Å². The summed E-state index contributed by atoms with van der Waals surface area (Å²) in [5, 5.41) is 9.41. The fraction of sp³-hybridized carbons (Fsp3) is 0.400. The number of Topliss-reactive ketones (excluding diaryl/α,β-unsaturated/α-hetero) is 1. The van der Waals surface area contributed by atoms with Gasteiger partial charge in [0.25, 0.3) is 0 Å². The van der Waals surface area contributed by atoms with Crippen LogP contribution >= 0.6 is 0 Å². The number of ether oxygens (including phenoxy) is 1. The fourth-order valence-electron chi connectivity index (χ4n) is 5.37. The van der Waals surface area contributed by atoms with E-state index < -0.39 is 5.41 Å². The molecule has 2 aromatic carbocycles. The molecule has 1 saturated heterocycles. The van der Waals surface area contributed by atoms with Gasteiger partial charge in [-0.15, -0.1) is 0 Å². The molecule has 0 unspecified atom stereocenters. The van der Waals surface area contributed by atoms with Gasteiger partial charge >= 0.3 is 0 Å². The molecule has 0 bridgehead atoms. The van der Waals surface area contributed by atoms with Crippen molar-refractivity contribution in [1.82, 2.24) is 10.2 Å². The standard InChI is InChI=1S/C25H27FN4O3/c1-17(31)24-25(18-6-3-2-4-7-18,10-5-12-29-13-11-27-23(32)15-29)22-16-33-21-9-8-19(26)14-20(21)30(22)28-24/h2-4,6-9,14,22H,5,10-13,15-16H2,1H3,(H,27,32)/t22-,25+/m0/s1. The van der Waals surface area contributed by atoms with Crippen LogP contribution in [0.15, 0.2) is 53.6 Å². The number of hydrogen-bond donors (Lipinski definition) is 1. The van der Waals surface area contributed by atoms with Crippen molar-refractivity contribution in [3.05, 3.63) is 59.9 Å². The van der Waals surface area contributed by atoms with E-state index in [1.165, 1.54) is 19.1 Å². The smallest absolute Gasteiger partial charge is 0.234 e. The van der Waals surface area contributed by atoms with Gasteiger partial charge in [-0.25, -0.2) is 4.39 Å². The zero-order valence-corrected chi connectivity index (χ0v) is 18.6. The highest BCUT2D eigenvalue weighted by molar-refractivity contribution is 6.43. The number of ketones is 1. The minimum Gasteiger partial charge on any atom is -0.489 e. The SMILES string of the molecule is CC(=O)C1=NN2c3cc(F)ccc3OC[C@H]2[C@@]1(CCCN1CCNC(=O)C1)c1ccccc1. The Kier molecular flexibility index (Phi) is 5.62. The Morgan fingerprint density at radius 3 is 2.85 bits per heavy atom. The van der Waals surface area contributed by atoms with Crippen LogP contribution in [-0.4, -0.2) is 61.1 Å².